The summed E-state index contributed by atoms with van der Waals surface area (Å²) in [4.78, 5) is 19.2. The minimum Gasteiger partial charge on any atom is -0.368 e. The lowest BCUT2D eigenvalue weighted by molar-refractivity contribution is -0.118. The lowest BCUT2D eigenvalue weighted by atomic mass is 10.2. The van der Waals surface area contributed by atoms with Crippen LogP contribution < -0.4 is 11.5 Å². The van der Waals surface area contributed by atoms with E-state index in [1.54, 1.807) is 0 Å². The van der Waals surface area contributed by atoms with Crippen LogP contribution in [-0.2, 0) is 4.79 Å². The summed E-state index contributed by atoms with van der Waals surface area (Å²) in [6.45, 7) is 0. The molecule has 1 amide bonds. The van der Waals surface area contributed by atoms with Gasteiger partial charge in [0, 0.05) is 11.1 Å². The van der Waals surface area contributed by atoms with E-state index in [0.29, 0.717) is 5.75 Å². The highest BCUT2D eigenvalue weighted by Gasteiger charge is 2.11. The van der Waals surface area contributed by atoms with Gasteiger partial charge in [-0.3, -0.25) is 4.79 Å². The van der Waals surface area contributed by atoms with Crippen molar-refractivity contribution in [3.05, 3.63) is 30.6 Å². The zero-order valence-corrected chi connectivity index (χ0v) is 9.85. The van der Waals surface area contributed by atoms with Crippen LogP contribution >= 0.6 is 11.8 Å². The highest BCUT2D eigenvalue weighted by atomic mass is 32.2. The van der Waals surface area contributed by atoms with Crippen molar-refractivity contribution in [3.8, 4) is 0 Å². The minimum atomic E-state index is -0.659. The van der Waals surface area contributed by atoms with Gasteiger partial charge in [0.1, 0.15) is 11.4 Å². The molecule has 2 aromatic rings. The predicted octanol–water partition coefficient (Wildman–Crippen LogP) is 0.534. The lowest BCUT2D eigenvalue weighted by Crippen LogP contribution is -2.38. The summed E-state index contributed by atoms with van der Waals surface area (Å²) in [7, 11) is 0. The highest BCUT2D eigenvalue weighted by molar-refractivity contribution is 7.99. The molecule has 0 radical (unpaired) electrons. The number of rotatable bonds is 4. The van der Waals surface area contributed by atoms with Crippen LogP contribution in [0.25, 0.3) is 10.9 Å². The van der Waals surface area contributed by atoms with Crippen molar-refractivity contribution < 1.29 is 4.79 Å². The first-order valence-electron chi connectivity index (χ1n) is 5.06. The van der Waals surface area contributed by atoms with Gasteiger partial charge in [0.25, 0.3) is 0 Å². The van der Waals surface area contributed by atoms with Gasteiger partial charge < -0.3 is 11.5 Å². The standard InChI is InChI=1S/C11H12N4OS/c12-8(10(13)16)5-17-11-7-3-1-2-4-9(7)14-6-15-11/h1-4,6,8H,5,12H2,(H2,13,16). The van der Waals surface area contributed by atoms with Crippen LogP contribution in [0.5, 0.6) is 0 Å². The van der Waals surface area contributed by atoms with Crippen molar-refractivity contribution in [1.82, 2.24) is 9.97 Å². The molecule has 1 aromatic carbocycles. The van der Waals surface area contributed by atoms with Gasteiger partial charge in [-0.15, -0.1) is 11.8 Å². The van der Waals surface area contributed by atoms with Crippen molar-refractivity contribution in [2.24, 2.45) is 11.5 Å². The van der Waals surface area contributed by atoms with Crippen LogP contribution in [0.3, 0.4) is 0 Å². The Hall–Kier alpha value is -1.66. The number of para-hydroxylation sites is 1. The van der Waals surface area contributed by atoms with Gasteiger partial charge in [-0.05, 0) is 6.07 Å². The number of hydrogen-bond donors (Lipinski definition) is 2. The Bertz CT molecular complexity index is 540. The van der Waals surface area contributed by atoms with E-state index < -0.39 is 11.9 Å². The number of carbonyl (C=O) groups is 1. The Morgan fingerprint density at radius 3 is 2.88 bits per heavy atom. The van der Waals surface area contributed by atoms with E-state index in [-0.39, 0.29) is 0 Å². The SMILES string of the molecule is NC(=O)C(N)CSc1ncnc2ccccc12. The van der Waals surface area contributed by atoms with Gasteiger partial charge in [-0.2, -0.15) is 0 Å². The number of fused-ring (bicyclic) bond motifs is 1. The van der Waals surface area contributed by atoms with Gasteiger partial charge in [0.05, 0.1) is 11.6 Å². The molecule has 0 saturated carbocycles. The molecule has 1 aromatic heterocycles. The quantitative estimate of drug-likeness (QED) is 0.608. The molecule has 0 fully saturated rings. The number of primary amides is 1. The monoisotopic (exact) mass is 248 g/mol. The second-order valence-electron chi connectivity index (χ2n) is 3.52. The van der Waals surface area contributed by atoms with E-state index in [9.17, 15) is 4.79 Å². The second kappa shape index (κ2) is 5.11. The summed E-state index contributed by atoms with van der Waals surface area (Å²) in [5.41, 5.74) is 11.5. The molecule has 0 aliphatic rings. The van der Waals surface area contributed by atoms with Crippen LogP contribution in [0.1, 0.15) is 0 Å². The minimum absolute atomic E-state index is 0.413. The van der Waals surface area contributed by atoms with Crippen LogP contribution in [0.15, 0.2) is 35.6 Å². The first-order chi connectivity index (χ1) is 8.18. The third-order valence-corrected chi connectivity index (χ3v) is 3.40. The molecule has 5 nitrogen and oxygen atoms in total. The van der Waals surface area contributed by atoms with Crippen molar-refractivity contribution in [2.45, 2.75) is 11.1 Å². The van der Waals surface area contributed by atoms with Crippen LogP contribution in [0, 0.1) is 0 Å². The Labute approximate surface area is 103 Å². The van der Waals surface area contributed by atoms with Crippen molar-refractivity contribution in [3.63, 3.8) is 0 Å². The number of aromatic nitrogens is 2. The van der Waals surface area contributed by atoms with Gasteiger partial charge in [-0.1, -0.05) is 18.2 Å². The van der Waals surface area contributed by atoms with Crippen LogP contribution in [-0.4, -0.2) is 27.7 Å². The summed E-state index contributed by atoms with van der Waals surface area (Å²) in [6, 6.07) is 7.03. The maximum atomic E-state index is 10.8. The molecule has 1 heterocycles. The Morgan fingerprint density at radius 1 is 1.35 bits per heavy atom. The molecule has 1 unspecified atom stereocenters. The predicted molar refractivity (Wildman–Crippen MR) is 67.4 cm³/mol. The fourth-order valence-corrected chi connectivity index (χ4v) is 2.30. The smallest absolute Gasteiger partial charge is 0.235 e. The zero-order valence-electron chi connectivity index (χ0n) is 9.04. The lowest BCUT2D eigenvalue weighted by Gasteiger charge is -2.07. The van der Waals surface area contributed by atoms with Crippen LogP contribution in [0.2, 0.25) is 0 Å². The van der Waals surface area contributed by atoms with E-state index in [0.717, 1.165) is 15.9 Å². The van der Waals surface area contributed by atoms with Gasteiger partial charge in [0.2, 0.25) is 5.91 Å². The molecule has 17 heavy (non-hydrogen) atoms. The van der Waals surface area contributed by atoms with Gasteiger partial charge >= 0.3 is 0 Å². The molecule has 0 spiro atoms. The third-order valence-electron chi connectivity index (χ3n) is 2.27. The fourth-order valence-electron chi connectivity index (χ4n) is 1.35. The molecule has 0 bridgehead atoms. The van der Waals surface area contributed by atoms with Crippen molar-refractivity contribution in [1.29, 1.82) is 0 Å². The molecule has 6 heteroatoms. The number of benzene rings is 1. The molecule has 0 saturated heterocycles. The first kappa shape index (κ1) is 11.8. The molecule has 88 valence electrons. The second-order valence-corrected chi connectivity index (χ2v) is 4.52. The number of nitrogens with two attached hydrogens (primary N) is 2. The summed E-state index contributed by atoms with van der Waals surface area (Å²) in [6.07, 6.45) is 1.50. The van der Waals surface area contributed by atoms with E-state index in [2.05, 4.69) is 9.97 Å². The average molecular weight is 248 g/mol. The number of thioether (sulfide) groups is 1. The fraction of sp³-hybridized carbons (Fsp3) is 0.182. The Balaban J connectivity index is 2.21. The maximum Gasteiger partial charge on any atom is 0.235 e. The molecular weight excluding hydrogens is 236 g/mol. The van der Waals surface area contributed by atoms with E-state index in [1.165, 1.54) is 18.1 Å². The number of hydrogen-bond acceptors (Lipinski definition) is 5. The molecular formula is C11H12N4OS. The number of amides is 1. The highest BCUT2D eigenvalue weighted by Crippen LogP contribution is 2.24. The maximum absolute atomic E-state index is 10.8. The topological polar surface area (TPSA) is 94.9 Å². The third kappa shape index (κ3) is 2.72. The molecule has 2 rings (SSSR count). The molecule has 0 aliphatic heterocycles. The first-order valence-corrected chi connectivity index (χ1v) is 6.04. The van der Waals surface area contributed by atoms with Crippen molar-refractivity contribution >= 4 is 28.6 Å². The molecule has 0 aliphatic carbocycles. The largest absolute Gasteiger partial charge is 0.368 e. The number of nitrogens with zero attached hydrogens (tertiary/aromatic N) is 2. The Morgan fingerprint density at radius 2 is 2.12 bits per heavy atom. The van der Waals surface area contributed by atoms with Crippen molar-refractivity contribution in [2.75, 3.05) is 5.75 Å². The number of carbonyl (C=O) groups excluding carboxylic acids is 1. The van der Waals surface area contributed by atoms with Crippen LogP contribution in [0.4, 0.5) is 0 Å². The Kier molecular flexibility index (Phi) is 3.55. The van der Waals surface area contributed by atoms with E-state index in [4.69, 9.17) is 11.5 Å². The van der Waals surface area contributed by atoms with E-state index in [1.807, 2.05) is 24.3 Å². The zero-order chi connectivity index (χ0) is 12.3. The normalized spacial score (nSPS) is 12.5. The summed E-state index contributed by atoms with van der Waals surface area (Å²) in [5.74, 6) is -0.0908. The summed E-state index contributed by atoms with van der Waals surface area (Å²) < 4.78 is 0. The summed E-state index contributed by atoms with van der Waals surface area (Å²) in [5, 5.41) is 1.77. The van der Waals surface area contributed by atoms with E-state index >= 15 is 0 Å². The summed E-state index contributed by atoms with van der Waals surface area (Å²) >= 11 is 1.41. The van der Waals surface area contributed by atoms with Gasteiger partial charge in [-0.25, -0.2) is 9.97 Å². The average Bonchev–Trinajstić information content (AvgIpc) is 2.35. The molecule has 1 atom stereocenters. The molecule has 4 N–H and O–H groups in total. The van der Waals surface area contributed by atoms with Gasteiger partial charge in [0.15, 0.2) is 0 Å².